The van der Waals surface area contributed by atoms with Crippen LogP contribution in [0.5, 0.6) is 5.75 Å². The van der Waals surface area contributed by atoms with Gasteiger partial charge in [-0.2, -0.15) is 0 Å². The van der Waals surface area contributed by atoms with Crippen molar-refractivity contribution in [2.75, 3.05) is 19.0 Å². The van der Waals surface area contributed by atoms with Gasteiger partial charge in [0.2, 0.25) is 5.91 Å². The fourth-order valence-electron chi connectivity index (χ4n) is 4.15. The molecular weight excluding hydrogens is 516 g/mol. The molecule has 0 aliphatic heterocycles. The highest BCUT2D eigenvalue weighted by Crippen LogP contribution is 2.44. The quantitative estimate of drug-likeness (QED) is 0.380. The second kappa shape index (κ2) is 10.6. The van der Waals surface area contributed by atoms with E-state index >= 15 is 0 Å². The Morgan fingerprint density at radius 1 is 1.00 bits per heavy atom. The van der Waals surface area contributed by atoms with Crippen molar-refractivity contribution >= 4 is 39.6 Å². The third-order valence-corrected chi connectivity index (χ3v) is 6.16. The van der Waals surface area contributed by atoms with Gasteiger partial charge in [0, 0.05) is 22.1 Å². The molecule has 1 atom stereocenters. The van der Waals surface area contributed by atoms with E-state index in [9.17, 15) is 19.5 Å². The van der Waals surface area contributed by atoms with Gasteiger partial charge in [-0.1, -0.05) is 64.5 Å². The Hall–Kier alpha value is -3.85. The Kier molecular flexibility index (Phi) is 7.36. The number of carboxylic acid groups (broad SMARTS) is 1. The van der Waals surface area contributed by atoms with Crippen LogP contribution >= 0.6 is 15.9 Å². The van der Waals surface area contributed by atoms with Crippen LogP contribution in [-0.4, -0.2) is 42.8 Å². The zero-order chi connectivity index (χ0) is 24.9. The number of carboxylic acids is 1. The van der Waals surface area contributed by atoms with Gasteiger partial charge in [-0.25, -0.2) is 4.79 Å². The van der Waals surface area contributed by atoms with Crippen molar-refractivity contribution in [3.05, 3.63) is 82.3 Å². The fraction of sp³-hybridized carbons (Fsp3) is 0.192. The maximum atomic E-state index is 12.8. The van der Waals surface area contributed by atoms with Crippen molar-refractivity contribution in [3.63, 3.8) is 0 Å². The minimum Gasteiger partial charge on any atom is -0.497 e. The number of carbonyl (C=O) groups excluding carboxylic acids is 2. The van der Waals surface area contributed by atoms with E-state index < -0.39 is 30.4 Å². The standard InChI is InChI=1S/C26H23BrN2O6/c1-34-17-11-15(27)10-16(12-17)28-25(32)23(13-24(30)31)29-26(33)35-14-22-20-8-4-2-6-18(20)19-7-3-5-9-21(19)22/h2-12,22-23H,13-14H2,1H3,(H,28,32)(H,29,33)(H,30,31). The lowest BCUT2D eigenvalue weighted by atomic mass is 9.98. The van der Waals surface area contributed by atoms with Gasteiger partial charge in [0.1, 0.15) is 18.4 Å². The maximum Gasteiger partial charge on any atom is 0.407 e. The zero-order valence-corrected chi connectivity index (χ0v) is 20.4. The Labute approximate surface area is 210 Å². The summed E-state index contributed by atoms with van der Waals surface area (Å²) in [7, 11) is 1.49. The number of halogens is 1. The molecule has 1 aliphatic carbocycles. The fourth-order valence-corrected chi connectivity index (χ4v) is 4.62. The number of amides is 2. The lowest BCUT2D eigenvalue weighted by Crippen LogP contribution is -2.45. The Morgan fingerprint density at radius 2 is 1.63 bits per heavy atom. The molecule has 0 fully saturated rings. The number of aliphatic carboxylic acids is 1. The zero-order valence-electron chi connectivity index (χ0n) is 18.8. The van der Waals surface area contributed by atoms with Gasteiger partial charge in [-0.15, -0.1) is 0 Å². The number of hydrogen-bond acceptors (Lipinski definition) is 5. The molecule has 180 valence electrons. The van der Waals surface area contributed by atoms with Gasteiger partial charge in [0.15, 0.2) is 0 Å². The minimum absolute atomic E-state index is 0.0457. The van der Waals surface area contributed by atoms with Crippen molar-refractivity contribution in [1.29, 1.82) is 0 Å². The van der Waals surface area contributed by atoms with Crippen molar-refractivity contribution in [2.45, 2.75) is 18.4 Å². The molecule has 35 heavy (non-hydrogen) atoms. The van der Waals surface area contributed by atoms with Gasteiger partial charge in [-0.3, -0.25) is 9.59 Å². The molecule has 1 unspecified atom stereocenters. The summed E-state index contributed by atoms with van der Waals surface area (Å²) < 4.78 is 11.3. The van der Waals surface area contributed by atoms with Gasteiger partial charge < -0.3 is 25.2 Å². The molecule has 0 bridgehead atoms. The molecule has 9 heteroatoms. The highest BCUT2D eigenvalue weighted by molar-refractivity contribution is 9.10. The summed E-state index contributed by atoms with van der Waals surface area (Å²) in [4.78, 5) is 36.7. The summed E-state index contributed by atoms with van der Waals surface area (Å²) in [5.41, 5.74) is 4.65. The first-order valence-electron chi connectivity index (χ1n) is 10.8. The van der Waals surface area contributed by atoms with E-state index in [1.165, 1.54) is 7.11 Å². The van der Waals surface area contributed by atoms with Crippen LogP contribution in [0.3, 0.4) is 0 Å². The normalized spacial score (nSPS) is 12.7. The van der Waals surface area contributed by atoms with E-state index in [-0.39, 0.29) is 12.5 Å². The van der Waals surface area contributed by atoms with E-state index in [1.54, 1.807) is 18.2 Å². The number of methoxy groups -OCH3 is 1. The molecule has 0 spiro atoms. The van der Waals surface area contributed by atoms with Crippen molar-refractivity contribution in [1.82, 2.24) is 5.32 Å². The molecule has 0 aromatic heterocycles. The van der Waals surface area contributed by atoms with Crippen LogP contribution in [0.2, 0.25) is 0 Å². The van der Waals surface area contributed by atoms with E-state index in [2.05, 4.69) is 26.6 Å². The average molecular weight is 539 g/mol. The first-order valence-corrected chi connectivity index (χ1v) is 11.6. The van der Waals surface area contributed by atoms with E-state index in [4.69, 9.17) is 9.47 Å². The Balaban J connectivity index is 1.43. The van der Waals surface area contributed by atoms with Gasteiger partial charge >= 0.3 is 12.1 Å². The van der Waals surface area contributed by atoms with Crippen molar-refractivity contribution in [2.24, 2.45) is 0 Å². The van der Waals surface area contributed by atoms with Crippen LogP contribution in [0.4, 0.5) is 10.5 Å². The van der Waals surface area contributed by atoms with Crippen molar-refractivity contribution in [3.8, 4) is 16.9 Å². The molecule has 8 nitrogen and oxygen atoms in total. The van der Waals surface area contributed by atoms with Crippen LogP contribution < -0.4 is 15.4 Å². The average Bonchev–Trinajstić information content (AvgIpc) is 3.15. The summed E-state index contributed by atoms with van der Waals surface area (Å²) in [6, 6.07) is 19.4. The van der Waals surface area contributed by atoms with E-state index in [0.717, 1.165) is 22.3 Å². The van der Waals surface area contributed by atoms with Crippen LogP contribution in [0.15, 0.2) is 71.2 Å². The molecule has 0 saturated carbocycles. The summed E-state index contributed by atoms with van der Waals surface area (Å²) in [5.74, 6) is -1.60. The number of rotatable bonds is 8. The third-order valence-electron chi connectivity index (χ3n) is 5.71. The van der Waals surface area contributed by atoms with Crippen LogP contribution in [0.25, 0.3) is 11.1 Å². The first-order chi connectivity index (χ1) is 16.9. The monoisotopic (exact) mass is 538 g/mol. The molecule has 2 amide bonds. The number of ether oxygens (including phenoxy) is 2. The molecular formula is C26H23BrN2O6. The molecule has 4 rings (SSSR count). The topological polar surface area (TPSA) is 114 Å². The minimum atomic E-state index is -1.34. The molecule has 1 aliphatic rings. The second-order valence-corrected chi connectivity index (χ2v) is 8.90. The molecule has 0 heterocycles. The van der Waals surface area contributed by atoms with Gasteiger partial charge in [-0.05, 0) is 34.4 Å². The summed E-state index contributed by atoms with van der Waals surface area (Å²) >= 11 is 3.32. The van der Waals surface area contributed by atoms with E-state index in [1.807, 2.05) is 48.5 Å². The van der Waals surface area contributed by atoms with Crippen LogP contribution in [0, 0.1) is 0 Å². The number of anilines is 1. The highest BCUT2D eigenvalue weighted by Gasteiger charge is 2.30. The molecule has 3 aromatic carbocycles. The molecule has 3 N–H and O–H groups in total. The Bertz CT molecular complexity index is 1230. The highest BCUT2D eigenvalue weighted by atomic mass is 79.9. The number of alkyl carbamates (subject to hydrolysis) is 1. The number of fused-ring (bicyclic) bond motifs is 3. The largest absolute Gasteiger partial charge is 0.497 e. The number of benzene rings is 3. The molecule has 0 saturated heterocycles. The second-order valence-electron chi connectivity index (χ2n) is 7.99. The predicted octanol–water partition coefficient (Wildman–Crippen LogP) is 4.78. The van der Waals surface area contributed by atoms with Gasteiger partial charge in [0.25, 0.3) is 0 Å². The van der Waals surface area contributed by atoms with E-state index in [0.29, 0.717) is 15.9 Å². The SMILES string of the molecule is COc1cc(Br)cc(NC(=O)C(CC(=O)O)NC(=O)OCC2c3ccccc3-c3ccccc32)c1. The number of carbonyl (C=O) groups is 3. The molecule has 0 radical (unpaired) electrons. The number of hydrogen-bond donors (Lipinski definition) is 3. The predicted molar refractivity (Wildman–Crippen MR) is 134 cm³/mol. The molecule has 3 aromatic rings. The van der Waals surface area contributed by atoms with Crippen LogP contribution in [0.1, 0.15) is 23.5 Å². The summed E-state index contributed by atoms with van der Waals surface area (Å²) in [6.45, 7) is 0.0457. The lowest BCUT2D eigenvalue weighted by Gasteiger charge is -2.19. The summed E-state index contributed by atoms with van der Waals surface area (Å²) in [5, 5.41) is 14.3. The first kappa shape index (κ1) is 24.3. The van der Waals surface area contributed by atoms with Gasteiger partial charge in [0.05, 0.1) is 13.5 Å². The van der Waals surface area contributed by atoms with Crippen molar-refractivity contribution < 1.29 is 29.0 Å². The maximum absolute atomic E-state index is 12.8. The smallest absolute Gasteiger partial charge is 0.407 e. The third kappa shape index (κ3) is 5.63. The lowest BCUT2D eigenvalue weighted by molar-refractivity contribution is -0.139. The van der Waals surface area contributed by atoms with Crippen LogP contribution in [-0.2, 0) is 14.3 Å². The Morgan fingerprint density at radius 3 is 2.23 bits per heavy atom. The summed E-state index contributed by atoms with van der Waals surface area (Å²) in [6.07, 6.45) is -1.48. The number of nitrogens with one attached hydrogen (secondary N) is 2.